The summed E-state index contributed by atoms with van der Waals surface area (Å²) in [5.41, 5.74) is 0.654. The fourth-order valence-electron chi connectivity index (χ4n) is 2.83. The first-order valence-corrected chi connectivity index (χ1v) is 6.97. The third kappa shape index (κ3) is 2.67. The van der Waals surface area contributed by atoms with Gasteiger partial charge in [0, 0.05) is 6.54 Å². The molecule has 0 saturated heterocycles. The number of benzene rings is 1. The minimum Gasteiger partial charge on any atom is -0.369 e. The molecule has 0 spiro atoms. The highest BCUT2D eigenvalue weighted by Gasteiger charge is 2.14. The van der Waals surface area contributed by atoms with Crippen LogP contribution in [0.15, 0.2) is 24.5 Å². The van der Waals surface area contributed by atoms with E-state index in [1.165, 1.54) is 44.5 Å². The van der Waals surface area contributed by atoms with Gasteiger partial charge in [-0.05, 0) is 30.9 Å². The number of nitrogens with zero attached hydrogens (tertiary/aromatic N) is 2. The zero-order chi connectivity index (χ0) is 13.1. The van der Waals surface area contributed by atoms with Crippen molar-refractivity contribution in [2.45, 2.75) is 32.1 Å². The van der Waals surface area contributed by atoms with E-state index >= 15 is 0 Å². The smallest absolute Gasteiger partial charge is 0.140 e. The second-order valence-corrected chi connectivity index (χ2v) is 5.24. The Morgan fingerprint density at radius 2 is 2.00 bits per heavy atom. The Hall–Kier alpha value is -1.71. The molecule has 0 bridgehead atoms. The van der Waals surface area contributed by atoms with E-state index in [1.54, 1.807) is 6.07 Å². The molecule has 1 fully saturated rings. The molecule has 1 aliphatic carbocycles. The summed E-state index contributed by atoms with van der Waals surface area (Å²) in [6.45, 7) is 0.875. The quantitative estimate of drug-likeness (QED) is 0.912. The lowest BCUT2D eigenvalue weighted by Crippen LogP contribution is -2.18. The van der Waals surface area contributed by atoms with E-state index in [1.807, 2.05) is 6.07 Å². The summed E-state index contributed by atoms with van der Waals surface area (Å²) in [6.07, 6.45) is 7.99. The first-order chi connectivity index (χ1) is 9.34. The van der Waals surface area contributed by atoms with Crippen molar-refractivity contribution in [3.8, 4) is 0 Å². The van der Waals surface area contributed by atoms with Crippen molar-refractivity contribution in [1.82, 2.24) is 9.97 Å². The lowest BCUT2D eigenvalue weighted by atomic mass is 9.89. The molecule has 2 aromatic rings. The van der Waals surface area contributed by atoms with E-state index in [0.29, 0.717) is 22.6 Å². The second-order valence-electron chi connectivity index (χ2n) is 5.24. The van der Waals surface area contributed by atoms with Gasteiger partial charge in [-0.1, -0.05) is 25.3 Å². The van der Waals surface area contributed by atoms with Gasteiger partial charge in [-0.3, -0.25) is 0 Å². The van der Waals surface area contributed by atoms with Crippen molar-refractivity contribution < 1.29 is 4.39 Å². The van der Waals surface area contributed by atoms with Crippen LogP contribution in [0.4, 0.5) is 10.2 Å². The SMILES string of the molecule is Fc1cccc2ncnc(NCC3CCCCC3)c12. The molecule has 0 atom stereocenters. The summed E-state index contributed by atoms with van der Waals surface area (Å²) < 4.78 is 13.9. The molecule has 0 aliphatic heterocycles. The molecule has 4 heteroatoms. The van der Waals surface area contributed by atoms with Crippen molar-refractivity contribution in [1.29, 1.82) is 0 Å². The van der Waals surface area contributed by atoms with E-state index in [-0.39, 0.29) is 5.82 Å². The van der Waals surface area contributed by atoms with Crippen LogP contribution in [0.3, 0.4) is 0 Å². The van der Waals surface area contributed by atoms with Gasteiger partial charge in [0.05, 0.1) is 10.9 Å². The number of fused-ring (bicyclic) bond motifs is 1. The Labute approximate surface area is 112 Å². The lowest BCUT2D eigenvalue weighted by Gasteiger charge is -2.22. The van der Waals surface area contributed by atoms with Crippen LogP contribution in [-0.2, 0) is 0 Å². The fraction of sp³-hybridized carbons (Fsp3) is 0.467. The summed E-state index contributed by atoms with van der Waals surface area (Å²) in [6, 6.07) is 4.94. The van der Waals surface area contributed by atoms with E-state index in [9.17, 15) is 4.39 Å². The standard InChI is InChI=1S/C15H18FN3/c16-12-7-4-8-13-14(12)15(19-10-18-13)17-9-11-5-2-1-3-6-11/h4,7-8,10-11H,1-3,5-6,9H2,(H,17,18,19). The van der Waals surface area contributed by atoms with Crippen LogP contribution in [0.5, 0.6) is 0 Å². The van der Waals surface area contributed by atoms with Crippen molar-refractivity contribution in [2.24, 2.45) is 5.92 Å². The Morgan fingerprint density at radius 3 is 2.84 bits per heavy atom. The molecular formula is C15H18FN3. The van der Waals surface area contributed by atoms with Gasteiger partial charge >= 0.3 is 0 Å². The first kappa shape index (κ1) is 12.3. The van der Waals surface area contributed by atoms with Crippen LogP contribution >= 0.6 is 0 Å². The normalized spacial score (nSPS) is 16.7. The minimum absolute atomic E-state index is 0.260. The van der Waals surface area contributed by atoms with E-state index in [4.69, 9.17) is 0 Å². The fourth-order valence-corrected chi connectivity index (χ4v) is 2.83. The van der Waals surface area contributed by atoms with Crippen LogP contribution in [-0.4, -0.2) is 16.5 Å². The molecule has 19 heavy (non-hydrogen) atoms. The maximum absolute atomic E-state index is 13.9. The molecule has 1 aromatic carbocycles. The van der Waals surface area contributed by atoms with Gasteiger partial charge in [-0.2, -0.15) is 0 Å². The summed E-state index contributed by atoms with van der Waals surface area (Å²) in [5, 5.41) is 3.81. The van der Waals surface area contributed by atoms with Gasteiger partial charge in [0.1, 0.15) is 18.0 Å². The molecule has 1 aliphatic rings. The monoisotopic (exact) mass is 259 g/mol. The predicted molar refractivity (Wildman–Crippen MR) is 74.6 cm³/mol. The molecule has 3 nitrogen and oxygen atoms in total. The van der Waals surface area contributed by atoms with Crippen LogP contribution in [0.25, 0.3) is 10.9 Å². The molecule has 3 rings (SSSR count). The highest BCUT2D eigenvalue weighted by atomic mass is 19.1. The zero-order valence-corrected chi connectivity index (χ0v) is 10.9. The number of nitrogens with one attached hydrogen (secondary N) is 1. The molecule has 1 N–H and O–H groups in total. The largest absolute Gasteiger partial charge is 0.369 e. The Bertz CT molecular complexity index is 559. The van der Waals surface area contributed by atoms with Gasteiger partial charge in [-0.15, -0.1) is 0 Å². The number of halogens is 1. The van der Waals surface area contributed by atoms with Crippen molar-refractivity contribution in [2.75, 3.05) is 11.9 Å². The van der Waals surface area contributed by atoms with Gasteiger partial charge in [-0.25, -0.2) is 14.4 Å². The number of hydrogen-bond acceptors (Lipinski definition) is 3. The molecule has 1 heterocycles. The maximum Gasteiger partial charge on any atom is 0.140 e. The van der Waals surface area contributed by atoms with Gasteiger partial charge < -0.3 is 5.32 Å². The summed E-state index contributed by atoms with van der Waals surface area (Å²) in [7, 11) is 0. The molecule has 100 valence electrons. The zero-order valence-electron chi connectivity index (χ0n) is 10.9. The average molecular weight is 259 g/mol. The third-order valence-electron chi connectivity index (χ3n) is 3.90. The molecule has 1 aromatic heterocycles. The van der Waals surface area contributed by atoms with Gasteiger partial charge in [0.2, 0.25) is 0 Å². The maximum atomic E-state index is 13.9. The van der Waals surface area contributed by atoms with Crippen LogP contribution in [0.2, 0.25) is 0 Å². The highest BCUT2D eigenvalue weighted by Crippen LogP contribution is 2.26. The Balaban J connectivity index is 1.80. The molecule has 0 unspecified atom stereocenters. The van der Waals surface area contributed by atoms with E-state index < -0.39 is 0 Å². The Morgan fingerprint density at radius 1 is 1.16 bits per heavy atom. The Kier molecular flexibility index (Phi) is 3.58. The average Bonchev–Trinajstić information content (AvgIpc) is 2.46. The van der Waals surface area contributed by atoms with Gasteiger partial charge in [0.15, 0.2) is 0 Å². The number of rotatable bonds is 3. The van der Waals surface area contributed by atoms with Crippen LogP contribution < -0.4 is 5.32 Å². The summed E-state index contributed by atoms with van der Waals surface area (Å²) in [4.78, 5) is 8.30. The van der Waals surface area contributed by atoms with Crippen molar-refractivity contribution in [3.63, 3.8) is 0 Å². The minimum atomic E-state index is -0.260. The molecule has 0 amide bonds. The first-order valence-electron chi connectivity index (χ1n) is 6.97. The summed E-state index contributed by atoms with van der Waals surface area (Å²) in [5.74, 6) is 1.04. The number of hydrogen-bond donors (Lipinski definition) is 1. The van der Waals surface area contributed by atoms with Crippen molar-refractivity contribution in [3.05, 3.63) is 30.3 Å². The second kappa shape index (κ2) is 5.51. The van der Waals surface area contributed by atoms with Gasteiger partial charge in [0.25, 0.3) is 0 Å². The van der Waals surface area contributed by atoms with Crippen molar-refractivity contribution >= 4 is 16.7 Å². The topological polar surface area (TPSA) is 37.8 Å². The third-order valence-corrected chi connectivity index (χ3v) is 3.90. The van der Waals surface area contributed by atoms with Crippen LogP contribution in [0, 0.1) is 11.7 Å². The summed E-state index contributed by atoms with van der Waals surface area (Å²) >= 11 is 0. The van der Waals surface area contributed by atoms with E-state index in [2.05, 4.69) is 15.3 Å². The lowest BCUT2D eigenvalue weighted by molar-refractivity contribution is 0.373. The molecular weight excluding hydrogens is 241 g/mol. The predicted octanol–water partition coefficient (Wildman–Crippen LogP) is 3.76. The molecule has 0 radical (unpaired) electrons. The number of anilines is 1. The van der Waals surface area contributed by atoms with E-state index in [0.717, 1.165) is 6.54 Å². The van der Waals surface area contributed by atoms with Crippen LogP contribution in [0.1, 0.15) is 32.1 Å². The highest BCUT2D eigenvalue weighted by molar-refractivity contribution is 5.89. The molecule has 1 saturated carbocycles. The number of aromatic nitrogens is 2.